The van der Waals surface area contributed by atoms with Crippen LogP contribution < -0.4 is 4.74 Å². The predicted molar refractivity (Wildman–Crippen MR) is 223 cm³/mol. The lowest BCUT2D eigenvalue weighted by molar-refractivity contribution is 0.478. The number of pyridine rings is 1. The van der Waals surface area contributed by atoms with Crippen LogP contribution in [0.1, 0.15) is 101 Å². The first-order valence-electron chi connectivity index (χ1n) is 19.1. The van der Waals surface area contributed by atoms with E-state index in [1.807, 2.05) is 6.20 Å². The number of unbranched alkanes of at least 4 members (excludes halogenated alkanes) is 1. The Hall–Kier alpha value is -5.16. The number of para-hydroxylation sites is 1. The predicted octanol–water partition coefficient (Wildman–Crippen LogP) is 13.0. The van der Waals surface area contributed by atoms with Crippen molar-refractivity contribution >= 4 is 21.8 Å². The van der Waals surface area contributed by atoms with Crippen LogP contribution in [0.4, 0.5) is 0 Å². The van der Waals surface area contributed by atoms with Crippen LogP contribution in [-0.4, -0.2) is 19.3 Å². The zero-order valence-electron chi connectivity index (χ0n) is 33.5. The molecule has 0 atom stereocenters. The van der Waals surface area contributed by atoms with Crippen LogP contribution in [0, 0.1) is 27.7 Å². The highest BCUT2D eigenvalue weighted by molar-refractivity contribution is 6.09. The molecule has 272 valence electrons. The third-order valence-electron chi connectivity index (χ3n) is 10.7. The maximum absolute atomic E-state index is 6.82. The maximum Gasteiger partial charge on any atom is 0.137 e. The van der Waals surface area contributed by atoms with Crippen LogP contribution in [0.2, 0.25) is 0 Å². The van der Waals surface area contributed by atoms with Crippen LogP contribution in [0.25, 0.3) is 44.4 Å². The van der Waals surface area contributed by atoms with Gasteiger partial charge in [0.1, 0.15) is 17.3 Å². The van der Waals surface area contributed by atoms with Gasteiger partial charge in [0, 0.05) is 40.4 Å². The van der Waals surface area contributed by atoms with Crippen LogP contribution >= 0.6 is 0 Å². The molecule has 3 heterocycles. The standard InChI is InChI=1S/C48H54N4O/c1-12-13-16-34-21-22-49-44(25-34)51-42-18-15-14-17-40(42)41-20-19-38(29-43(41)51)53-39-27-36(48(9,10)11)26-37(28-39)52-33(5)46(32(4)50-52)45-30(2)23-35(24-31(45)3)47(6,7)8/h14-15,17-29H,12-13,16H2,1-11H3. The molecule has 0 spiro atoms. The third-order valence-corrected chi connectivity index (χ3v) is 10.7. The summed E-state index contributed by atoms with van der Waals surface area (Å²) in [5, 5.41) is 7.54. The van der Waals surface area contributed by atoms with E-state index in [0.717, 1.165) is 64.7 Å². The van der Waals surface area contributed by atoms with E-state index in [1.165, 1.54) is 49.7 Å². The van der Waals surface area contributed by atoms with Gasteiger partial charge in [-0.25, -0.2) is 9.67 Å². The van der Waals surface area contributed by atoms with Gasteiger partial charge in [-0.1, -0.05) is 85.2 Å². The monoisotopic (exact) mass is 702 g/mol. The molecule has 0 amide bonds. The number of benzene rings is 4. The molecule has 7 aromatic rings. The Labute approximate surface area is 315 Å². The van der Waals surface area contributed by atoms with E-state index in [9.17, 15) is 0 Å². The average Bonchev–Trinajstić information content (AvgIpc) is 3.59. The maximum atomic E-state index is 6.82. The second-order valence-electron chi connectivity index (χ2n) is 16.9. The van der Waals surface area contributed by atoms with Crippen LogP contribution in [0.3, 0.4) is 0 Å². The first-order valence-corrected chi connectivity index (χ1v) is 19.1. The van der Waals surface area contributed by atoms with Crippen LogP contribution in [0.15, 0.2) is 91.1 Å². The molecule has 0 fully saturated rings. The van der Waals surface area contributed by atoms with Gasteiger partial charge in [-0.15, -0.1) is 0 Å². The Balaban J connectivity index is 1.33. The number of hydrogen-bond donors (Lipinski definition) is 0. The number of aryl methyl sites for hydroxylation is 4. The number of fused-ring (bicyclic) bond motifs is 3. The van der Waals surface area contributed by atoms with Gasteiger partial charge in [0.2, 0.25) is 0 Å². The number of aromatic nitrogens is 4. The van der Waals surface area contributed by atoms with E-state index in [4.69, 9.17) is 14.8 Å². The molecular weight excluding hydrogens is 649 g/mol. The third kappa shape index (κ3) is 6.90. The average molecular weight is 703 g/mol. The van der Waals surface area contributed by atoms with Crippen molar-refractivity contribution in [2.24, 2.45) is 0 Å². The summed E-state index contributed by atoms with van der Waals surface area (Å²) >= 11 is 0. The second kappa shape index (κ2) is 13.7. The molecule has 7 rings (SSSR count). The molecule has 0 unspecified atom stereocenters. The lowest BCUT2D eigenvalue weighted by Crippen LogP contribution is -2.13. The molecule has 0 bridgehead atoms. The number of ether oxygens (including phenoxy) is 1. The number of rotatable bonds is 8. The molecule has 0 saturated heterocycles. The zero-order valence-corrected chi connectivity index (χ0v) is 33.5. The molecule has 0 aliphatic carbocycles. The topological polar surface area (TPSA) is 44.9 Å². The smallest absolute Gasteiger partial charge is 0.137 e. The van der Waals surface area contributed by atoms with E-state index >= 15 is 0 Å². The van der Waals surface area contributed by atoms with Crippen molar-refractivity contribution in [3.8, 4) is 34.1 Å². The fraction of sp³-hybridized carbons (Fsp3) is 0.333. The Morgan fingerprint density at radius 2 is 1.34 bits per heavy atom. The summed E-state index contributed by atoms with van der Waals surface area (Å²) < 4.78 is 11.2. The minimum Gasteiger partial charge on any atom is -0.457 e. The van der Waals surface area contributed by atoms with E-state index in [-0.39, 0.29) is 10.8 Å². The van der Waals surface area contributed by atoms with Gasteiger partial charge in [-0.05, 0) is 127 Å². The van der Waals surface area contributed by atoms with E-state index in [1.54, 1.807) is 0 Å². The Morgan fingerprint density at radius 1 is 0.660 bits per heavy atom. The summed E-state index contributed by atoms with van der Waals surface area (Å²) in [6.45, 7) is 24.6. The van der Waals surface area contributed by atoms with Gasteiger partial charge in [0.05, 0.1) is 22.4 Å². The summed E-state index contributed by atoms with van der Waals surface area (Å²) in [7, 11) is 0. The van der Waals surface area contributed by atoms with Crippen molar-refractivity contribution in [1.29, 1.82) is 0 Å². The second-order valence-corrected chi connectivity index (χ2v) is 16.9. The normalized spacial score (nSPS) is 12.3. The molecule has 0 aliphatic heterocycles. The molecule has 5 nitrogen and oxygen atoms in total. The highest BCUT2D eigenvalue weighted by Gasteiger charge is 2.24. The van der Waals surface area contributed by atoms with Gasteiger partial charge in [-0.3, -0.25) is 4.57 Å². The fourth-order valence-electron chi connectivity index (χ4n) is 7.76. The van der Waals surface area contributed by atoms with Crippen molar-refractivity contribution in [2.45, 2.75) is 106 Å². The Morgan fingerprint density at radius 3 is 2.04 bits per heavy atom. The minimum absolute atomic E-state index is 0.0867. The Kier molecular flexibility index (Phi) is 9.34. The quantitative estimate of drug-likeness (QED) is 0.158. The molecule has 5 heteroatoms. The van der Waals surface area contributed by atoms with Gasteiger partial charge in [0.15, 0.2) is 0 Å². The lowest BCUT2D eigenvalue weighted by Gasteiger charge is -2.23. The minimum atomic E-state index is -0.103. The summed E-state index contributed by atoms with van der Waals surface area (Å²) in [6.07, 6.45) is 5.31. The van der Waals surface area contributed by atoms with Gasteiger partial charge in [-0.2, -0.15) is 5.10 Å². The van der Waals surface area contributed by atoms with E-state index in [0.29, 0.717) is 0 Å². The molecule has 0 saturated carbocycles. The summed E-state index contributed by atoms with van der Waals surface area (Å²) in [5.41, 5.74) is 14.2. The highest BCUT2D eigenvalue weighted by Crippen LogP contribution is 2.40. The van der Waals surface area contributed by atoms with Crippen LogP contribution in [-0.2, 0) is 17.3 Å². The van der Waals surface area contributed by atoms with E-state index in [2.05, 4.69) is 170 Å². The number of nitrogens with zero attached hydrogens (tertiary/aromatic N) is 4. The summed E-state index contributed by atoms with van der Waals surface area (Å²) in [4.78, 5) is 4.86. The van der Waals surface area contributed by atoms with Gasteiger partial charge < -0.3 is 4.74 Å². The first kappa shape index (κ1) is 36.2. The SMILES string of the molecule is CCCCc1ccnc(-n2c3ccccc3c3ccc(Oc4cc(-n5nc(C)c(-c6c(C)cc(C(C)(C)C)cc6C)c5C)cc(C(C)(C)C)c4)cc32)c1. The lowest BCUT2D eigenvalue weighted by atomic mass is 9.82. The molecule has 3 aromatic heterocycles. The summed E-state index contributed by atoms with van der Waals surface area (Å²) in [6, 6.07) is 30.6. The van der Waals surface area contributed by atoms with Crippen molar-refractivity contribution in [2.75, 3.05) is 0 Å². The van der Waals surface area contributed by atoms with Crippen molar-refractivity contribution in [3.63, 3.8) is 0 Å². The molecular formula is C48H54N4O. The van der Waals surface area contributed by atoms with Crippen LogP contribution in [0.5, 0.6) is 11.5 Å². The molecule has 0 radical (unpaired) electrons. The molecule has 4 aromatic carbocycles. The highest BCUT2D eigenvalue weighted by atomic mass is 16.5. The van der Waals surface area contributed by atoms with Crippen molar-refractivity contribution in [1.82, 2.24) is 19.3 Å². The fourth-order valence-corrected chi connectivity index (χ4v) is 7.76. The molecule has 0 aliphatic rings. The van der Waals surface area contributed by atoms with Crippen molar-refractivity contribution < 1.29 is 4.74 Å². The zero-order chi connectivity index (χ0) is 37.8. The van der Waals surface area contributed by atoms with Gasteiger partial charge >= 0.3 is 0 Å². The van der Waals surface area contributed by atoms with E-state index < -0.39 is 0 Å². The van der Waals surface area contributed by atoms with Gasteiger partial charge in [0.25, 0.3) is 0 Å². The summed E-state index contributed by atoms with van der Waals surface area (Å²) in [5.74, 6) is 2.49. The largest absolute Gasteiger partial charge is 0.457 e. The molecule has 0 N–H and O–H groups in total. The Bertz CT molecular complexity index is 2460. The number of hydrogen-bond acceptors (Lipinski definition) is 3. The molecule has 53 heavy (non-hydrogen) atoms. The van der Waals surface area contributed by atoms with Crippen molar-refractivity contribution in [3.05, 3.63) is 130 Å². The first-order chi connectivity index (χ1) is 25.1.